The van der Waals surface area contributed by atoms with Gasteiger partial charge >= 0.3 is 6.03 Å². The van der Waals surface area contributed by atoms with Gasteiger partial charge in [0.1, 0.15) is 12.4 Å². The number of anilines is 1. The van der Waals surface area contributed by atoms with Crippen molar-refractivity contribution in [1.29, 1.82) is 0 Å². The molecule has 4 rings (SSSR count). The Morgan fingerprint density at radius 2 is 1.97 bits per heavy atom. The molecule has 10 nitrogen and oxygen atoms in total. The Morgan fingerprint density at radius 1 is 1.25 bits per heavy atom. The molecular weight excluding hydrogens is 467 g/mol. The van der Waals surface area contributed by atoms with Gasteiger partial charge in [0.2, 0.25) is 17.7 Å². The SMILES string of the molecule is C=CCN1C(=O)C2CCC(C(=O)NC(C)CC)CC2N2C(=O)N(CC(=O)Nc3ccc(F)cc3)NC12. The fraction of sp³-hybridized carbons (Fsp3) is 0.520. The third kappa shape index (κ3) is 5.06. The number of hydrogen-bond acceptors (Lipinski definition) is 5. The largest absolute Gasteiger partial charge is 0.353 e. The topological polar surface area (TPSA) is 114 Å². The first-order chi connectivity index (χ1) is 17.2. The number of urea groups is 1. The lowest BCUT2D eigenvalue weighted by atomic mass is 9.75. The van der Waals surface area contributed by atoms with E-state index in [4.69, 9.17) is 0 Å². The number of hydrogen-bond donors (Lipinski definition) is 3. The molecule has 3 fully saturated rings. The molecular formula is C25H33FN6O4. The van der Waals surface area contributed by atoms with Gasteiger partial charge in [0.15, 0.2) is 6.29 Å². The molecule has 1 aromatic carbocycles. The number of fused-ring (bicyclic) bond motifs is 3. The molecule has 5 unspecified atom stereocenters. The lowest BCUT2D eigenvalue weighted by molar-refractivity contribution is -0.157. The summed E-state index contributed by atoms with van der Waals surface area (Å²) in [5, 5.41) is 6.83. The Hall–Kier alpha value is -3.47. The second-order valence-corrected chi connectivity index (χ2v) is 9.61. The number of nitrogens with one attached hydrogen (secondary N) is 3. The molecule has 2 saturated heterocycles. The summed E-state index contributed by atoms with van der Waals surface area (Å²) in [5.74, 6) is -1.78. The van der Waals surface area contributed by atoms with E-state index >= 15 is 0 Å². The number of carbonyl (C=O) groups excluding carboxylic acids is 4. The van der Waals surface area contributed by atoms with Crippen molar-refractivity contribution in [3.63, 3.8) is 0 Å². The van der Waals surface area contributed by atoms with Gasteiger partial charge < -0.3 is 15.5 Å². The smallest absolute Gasteiger partial charge is 0.337 e. The van der Waals surface area contributed by atoms with Crippen molar-refractivity contribution in [2.45, 2.75) is 57.9 Å². The molecule has 194 valence electrons. The van der Waals surface area contributed by atoms with Gasteiger partial charge in [-0.05, 0) is 56.9 Å². The molecule has 36 heavy (non-hydrogen) atoms. The number of benzene rings is 1. The monoisotopic (exact) mass is 500 g/mol. The minimum atomic E-state index is -0.778. The van der Waals surface area contributed by atoms with Crippen LogP contribution in [0, 0.1) is 17.7 Å². The van der Waals surface area contributed by atoms with Gasteiger partial charge in [-0.2, -0.15) is 5.43 Å². The molecule has 5 amide bonds. The lowest BCUT2D eigenvalue weighted by Gasteiger charge is -2.49. The number of hydrazine groups is 1. The van der Waals surface area contributed by atoms with Crippen molar-refractivity contribution in [3.05, 3.63) is 42.7 Å². The molecule has 1 aliphatic carbocycles. The molecule has 2 heterocycles. The summed E-state index contributed by atoms with van der Waals surface area (Å²) in [5.41, 5.74) is 3.40. The van der Waals surface area contributed by atoms with Gasteiger partial charge in [0.05, 0.1) is 5.92 Å². The van der Waals surface area contributed by atoms with Crippen molar-refractivity contribution < 1.29 is 23.6 Å². The van der Waals surface area contributed by atoms with E-state index in [1.165, 1.54) is 29.3 Å². The minimum absolute atomic E-state index is 0.0456. The number of rotatable bonds is 8. The molecule has 0 spiro atoms. The average Bonchev–Trinajstić information content (AvgIpc) is 3.18. The Bertz CT molecular complexity index is 1030. The highest BCUT2D eigenvalue weighted by molar-refractivity contribution is 5.95. The van der Waals surface area contributed by atoms with Crippen LogP contribution in [0.4, 0.5) is 14.9 Å². The third-order valence-corrected chi connectivity index (χ3v) is 7.18. The second kappa shape index (κ2) is 10.7. The molecule has 5 atom stereocenters. The summed E-state index contributed by atoms with van der Waals surface area (Å²) in [6.07, 6.45) is 3.07. The van der Waals surface area contributed by atoms with E-state index in [1.807, 2.05) is 13.8 Å². The highest BCUT2D eigenvalue weighted by atomic mass is 19.1. The molecule has 1 aromatic rings. The number of halogens is 1. The van der Waals surface area contributed by atoms with Crippen molar-refractivity contribution in [3.8, 4) is 0 Å². The van der Waals surface area contributed by atoms with Crippen LogP contribution in [0.2, 0.25) is 0 Å². The second-order valence-electron chi connectivity index (χ2n) is 9.61. The van der Waals surface area contributed by atoms with Gasteiger partial charge in [-0.3, -0.25) is 19.3 Å². The van der Waals surface area contributed by atoms with E-state index in [2.05, 4.69) is 22.6 Å². The van der Waals surface area contributed by atoms with E-state index in [-0.39, 0.29) is 36.9 Å². The maximum absolute atomic E-state index is 13.5. The zero-order valence-corrected chi connectivity index (χ0v) is 20.6. The van der Waals surface area contributed by atoms with Crippen LogP contribution in [0.1, 0.15) is 39.5 Å². The summed E-state index contributed by atoms with van der Waals surface area (Å²) in [6.45, 7) is 7.60. The van der Waals surface area contributed by atoms with E-state index < -0.39 is 36.0 Å². The van der Waals surface area contributed by atoms with E-state index in [9.17, 15) is 23.6 Å². The molecule has 0 bridgehead atoms. The zero-order valence-electron chi connectivity index (χ0n) is 20.6. The first-order valence-electron chi connectivity index (χ1n) is 12.4. The van der Waals surface area contributed by atoms with Crippen LogP contribution in [0.3, 0.4) is 0 Å². The van der Waals surface area contributed by atoms with Crippen molar-refractivity contribution in [2.75, 3.05) is 18.4 Å². The van der Waals surface area contributed by atoms with E-state index in [1.54, 1.807) is 15.9 Å². The predicted molar refractivity (Wildman–Crippen MR) is 130 cm³/mol. The Kier molecular flexibility index (Phi) is 7.58. The standard InChI is InChI=1S/C25H33FN6O4/c1-4-12-30-23(35)19-11-6-16(22(34)27-15(3)5-2)13-20(19)32-24(30)29-31(25(32)36)14-21(33)28-18-9-7-17(26)8-10-18/h4,7-10,15-16,19-20,24,29H,1,5-6,11-14H2,2-3H3,(H,27,34)(H,28,33). The van der Waals surface area contributed by atoms with Crippen molar-refractivity contribution in [1.82, 2.24) is 25.6 Å². The van der Waals surface area contributed by atoms with E-state index in [0.717, 1.165) is 6.42 Å². The molecule has 3 aliphatic rings. The first-order valence-corrected chi connectivity index (χ1v) is 12.4. The van der Waals surface area contributed by atoms with Gasteiger partial charge in [0.25, 0.3) is 0 Å². The van der Waals surface area contributed by atoms with Gasteiger partial charge in [-0.1, -0.05) is 13.0 Å². The Labute approximate surface area is 209 Å². The Balaban J connectivity index is 1.51. The van der Waals surface area contributed by atoms with Crippen LogP contribution in [-0.4, -0.2) is 70.0 Å². The maximum Gasteiger partial charge on any atom is 0.337 e. The Morgan fingerprint density at radius 3 is 2.64 bits per heavy atom. The van der Waals surface area contributed by atoms with Crippen LogP contribution in [0.15, 0.2) is 36.9 Å². The minimum Gasteiger partial charge on any atom is -0.353 e. The van der Waals surface area contributed by atoms with Crippen LogP contribution in [0.25, 0.3) is 0 Å². The highest BCUT2D eigenvalue weighted by Gasteiger charge is 2.56. The van der Waals surface area contributed by atoms with Gasteiger partial charge in [0, 0.05) is 30.2 Å². The number of carbonyl (C=O) groups is 4. The average molecular weight is 501 g/mol. The fourth-order valence-electron chi connectivity index (χ4n) is 5.14. The molecule has 2 aliphatic heterocycles. The summed E-state index contributed by atoms with van der Waals surface area (Å²) >= 11 is 0. The lowest BCUT2D eigenvalue weighted by Crippen LogP contribution is -2.67. The molecule has 0 radical (unpaired) electrons. The van der Waals surface area contributed by atoms with E-state index in [0.29, 0.717) is 24.9 Å². The fourth-order valence-corrected chi connectivity index (χ4v) is 5.14. The van der Waals surface area contributed by atoms with Gasteiger partial charge in [-0.25, -0.2) is 14.2 Å². The summed E-state index contributed by atoms with van der Waals surface area (Å²) in [4.78, 5) is 55.4. The van der Waals surface area contributed by atoms with Crippen molar-refractivity contribution in [2.24, 2.45) is 11.8 Å². The van der Waals surface area contributed by atoms with Crippen LogP contribution in [0.5, 0.6) is 0 Å². The molecule has 11 heteroatoms. The quantitative estimate of drug-likeness (QED) is 0.473. The molecule has 0 aromatic heterocycles. The predicted octanol–water partition coefficient (Wildman–Crippen LogP) is 2.02. The van der Waals surface area contributed by atoms with Crippen LogP contribution < -0.4 is 16.1 Å². The summed E-state index contributed by atoms with van der Waals surface area (Å²) < 4.78 is 13.2. The highest BCUT2D eigenvalue weighted by Crippen LogP contribution is 2.40. The summed E-state index contributed by atoms with van der Waals surface area (Å²) in [6, 6.07) is 4.46. The maximum atomic E-state index is 13.5. The normalized spacial score (nSPS) is 26.2. The number of amides is 5. The first kappa shape index (κ1) is 25.6. The third-order valence-electron chi connectivity index (χ3n) is 7.18. The van der Waals surface area contributed by atoms with Crippen molar-refractivity contribution >= 4 is 29.4 Å². The van der Waals surface area contributed by atoms with Gasteiger partial charge in [-0.15, -0.1) is 6.58 Å². The molecule has 1 saturated carbocycles. The van der Waals surface area contributed by atoms with Crippen LogP contribution in [-0.2, 0) is 14.4 Å². The zero-order chi connectivity index (χ0) is 26.0. The number of nitrogens with zero attached hydrogens (tertiary/aromatic N) is 3. The van der Waals surface area contributed by atoms with Crippen LogP contribution >= 0.6 is 0 Å². The molecule has 3 N–H and O–H groups in total. The summed E-state index contributed by atoms with van der Waals surface area (Å²) in [7, 11) is 0.